The first kappa shape index (κ1) is 9.92. The highest BCUT2D eigenvalue weighted by molar-refractivity contribution is 7.80. The molecule has 0 heterocycles. The lowest BCUT2D eigenvalue weighted by molar-refractivity contribution is 0.249. The van der Waals surface area contributed by atoms with E-state index in [4.69, 9.17) is 5.73 Å². The Kier molecular flexibility index (Phi) is 3.64. The molecule has 0 spiro atoms. The summed E-state index contributed by atoms with van der Waals surface area (Å²) in [4.78, 5) is 11.3. The van der Waals surface area contributed by atoms with Crippen molar-refractivity contribution in [3.8, 4) is 0 Å². The van der Waals surface area contributed by atoms with Crippen LogP contribution in [-0.2, 0) is 6.42 Å². The Hall–Kier alpha value is -1.16. The third-order valence-corrected chi connectivity index (χ3v) is 1.95. The van der Waals surface area contributed by atoms with E-state index in [0.717, 1.165) is 16.9 Å². The number of amides is 2. The van der Waals surface area contributed by atoms with Gasteiger partial charge in [0.1, 0.15) is 0 Å². The van der Waals surface area contributed by atoms with Crippen LogP contribution in [0.15, 0.2) is 29.2 Å². The molecule has 13 heavy (non-hydrogen) atoms. The number of carbonyl (C=O) groups is 1. The number of nitrogens with two attached hydrogens (primary N) is 1. The summed E-state index contributed by atoms with van der Waals surface area (Å²) < 4.78 is 0. The highest BCUT2D eigenvalue weighted by Crippen LogP contribution is 2.07. The molecule has 3 nitrogen and oxygen atoms in total. The van der Waals surface area contributed by atoms with Crippen LogP contribution < -0.4 is 11.1 Å². The zero-order chi connectivity index (χ0) is 9.68. The van der Waals surface area contributed by atoms with Gasteiger partial charge in [-0.2, -0.15) is 0 Å². The Balaban J connectivity index is 2.37. The van der Waals surface area contributed by atoms with Crippen molar-refractivity contribution in [1.29, 1.82) is 0 Å². The van der Waals surface area contributed by atoms with Gasteiger partial charge in [0.25, 0.3) is 0 Å². The SMILES string of the molecule is NC(=O)NCCc1ccc(S)cc1. The molecule has 2 amide bonds. The quantitative estimate of drug-likeness (QED) is 0.625. The number of benzene rings is 1. The maximum absolute atomic E-state index is 10.3. The number of thiol groups is 1. The summed E-state index contributed by atoms with van der Waals surface area (Å²) in [7, 11) is 0. The van der Waals surface area contributed by atoms with Crippen LogP contribution >= 0.6 is 12.6 Å². The number of primary amides is 1. The molecule has 4 heteroatoms. The van der Waals surface area contributed by atoms with Crippen LogP contribution in [0.3, 0.4) is 0 Å². The van der Waals surface area contributed by atoms with Gasteiger partial charge < -0.3 is 11.1 Å². The van der Waals surface area contributed by atoms with Crippen LogP contribution in [0.4, 0.5) is 4.79 Å². The highest BCUT2D eigenvalue weighted by Gasteiger charge is 1.94. The molecule has 0 atom stereocenters. The van der Waals surface area contributed by atoms with Crippen molar-refractivity contribution in [1.82, 2.24) is 5.32 Å². The van der Waals surface area contributed by atoms with Crippen molar-refractivity contribution in [2.75, 3.05) is 6.54 Å². The molecule has 0 aliphatic heterocycles. The Morgan fingerprint density at radius 2 is 2.00 bits per heavy atom. The van der Waals surface area contributed by atoms with Crippen LogP contribution in [0.5, 0.6) is 0 Å². The number of hydrogen-bond donors (Lipinski definition) is 3. The topological polar surface area (TPSA) is 55.1 Å². The smallest absolute Gasteiger partial charge is 0.312 e. The molecule has 1 aromatic carbocycles. The molecule has 0 unspecified atom stereocenters. The standard InChI is InChI=1S/C9H12N2OS/c10-9(12)11-6-5-7-1-3-8(13)4-2-7/h1-4,13H,5-6H2,(H3,10,11,12). The van der Waals surface area contributed by atoms with Crippen molar-refractivity contribution >= 4 is 18.7 Å². The molecule has 0 aromatic heterocycles. The molecule has 70 valence electrons. The molecule has 1 rings (SSSR count). The maximum atomic E-state index is 10.3. The molecule has 1 aromatic rings. The lowest BCUT2D eigenvalue weighted by atomic mass is 10.1. The van der Waals surface area contributed by atoms with E-state index in [9.17, 15) is 4.79 Å². The molecule has 0 saturated carbocycles. The van der Waals surface area contributed by atoms with Crippen molar-refractivity contribution in [3.63, 3.8) is 0 Å². The molecule has 0 aliphatic carbocycles. The maximum Gasteiger partial charge on any atom is 0.312 e. The van der Waals surface area contributed by atoms with Crippen LogP contribution in [0.25, 0.3) is 0 Å². The fourth-order valence-corrected chi connectivity index (χ4v) is 1.14. The number of carbonyl (C=O) groups excluding carboxylic acids is 1. The molecule has 0 aliphatic rings. The van der Waals surface area contributed by atoms with Gasteiger partial charge in [-0.05, 0) is 24.1 Å². The number of rotatable bonds is 3. The molecular formula is C9H12N2OS. The normalized spacial score (nSPS) is 9.62. The van der Waals surface area contributed by atoms with Crippen molar-refractivity contribution in [2.24, 2.45) is 5.73 Å². The van der Waals surface area contributed by atoms with Crippen LogP contribution in [-0.4, -0.2) is 12.6 Å². The second kappa shape index (κ2) is 4.77. The van der Waals surface area contributed by atoms with Gasteiger partial charge in [0.05, 0.1) is 0 Å². The second-order valence-corrected chi connectivity index (χ2v) is 3.22. The minimum atomic E-state index is -0.481. The Morgan fingerprint density at radius 1 is 1.38 bits per heavy atom. The molecule has 0 fully saturated rings. The number of urea groups is 1. The summed E-state index contributed by atoms with van der Waals surface area (Å²) in [6, 6.07) is 7.31. The van der Waals surface area contributed by atoms with Gasteiger partial charge in [-0.3, -0.25) is 0 Å². The summed E-state index contributed by atoms with van der Waals surface area (Å²) in [6.07, 6.45) is 0.789. The first-order valence-corrected chi connectivity index (χ1v) is 4.44. The van der Waals surface area contributed by atoms with Gasteiger partial charge in [-0.15, -0.1) is 12.6 Å². The highest BCUT2D eigenvalue weighted by atomic mass is 32.1. The summed E-state index contributed by atoms with van der Waals surface area (Å²) in [5, 5.41) is 2.53. The van der Waals surface area contributed by atoms with Crippen molar-refractivity contribution in [3.05, 3.63) is 29.8 Å². The largest absolute Gasteiger partial charge is 0.352 e. The average molecular weight is 196 g/mol. The van der Waals surface area contributed by atoms with Crippen LogP contribution in [0.1, 0.15) is 5.56 Å². The second-order valence-electron chi connectivity index (χ2n) is 2.71. The van der Waals surface area contributed by atoms with E-state index >= 15 is 0 Å². The van der Waals surface area contributed by atoms with E-state index in [0.29, 0.717) is 6.54 Å². The van der Waals surface area contributed by atoms with Gasteiger partial charge in [0.2, 0.25) is 0 Å². The first-order valence-electron chi connectivity index (χ1n) is 3.99. The Bertz CT molecular complexity index is 284. The predicted octanol–water partition coefficient (Wildman–Crippen LogP) is 1.19. The molecule has 0 radical (unpaired) electrons. The molecule has 3 N–H and O–H groups in total. The monoisotopic (exact) mass is 196 g/mol. The summed E-state index contributed by atoms with van der Waals surface area (Å²) in [5.74, 6) is 0. The zero-order valence-electron chi connectivity index (χ0n) is 7.16. The van der Waals surface area contributed by atoms with Crippen LogP contribution in [0.2, 0.25) is 0 Å². The van der Waals surface area contributed by atoms with Gasteiger partial charge >= 0.3 is 6.03 Å². The third kappa shape index (κ3) is 3.85. The molecule has 0 saturated heterocycles. The minimum absolute atomic E-state index is 0.481. The predicted molar refractivity (Wildman–Crippen MR) is 55.0 cm³/mol. The van der Waals surface area contributed by atoms with Crippen molar-refractivity contribution < 1.29 is 4.79 Å². The van der Waals surface area contributed by atoms with E-state index < -0.39 is 6.03 Å². The third-order valence-electron chi connectivity index (χ3n) is 1.65. The zero-order valence-corrected chi connectivity index (χ0v) is 8.05. The van der Waals surface area contributed by atoms with Gasteiger partial charge in [-0.25, -0.2) is 4.79 Å². The molecular weight excluding hydrogens is 184 g/mol. The van der Waals surface area contributed by atoms with Crippen molar-refractivity contribution in [2.45, 2.75) is 11.3 Å². The summed E-state index contributed by atoms with van der Waals surface area (Å²) >= 11 is 4.17. The fraction of sp³-hybridized carbons (Fsp3) is 0.222. The lowest BCUT2D eigenvalue weighted by Crippen LogP contribution is -2.30. The minimum Gasteiger partial charge on any atom is -0.352 e. The van der Waals surface area contributed by atoms with Gasteiger partial charge in [0, 0.05) is 11.4 Å². The fourth-order valence-electron chi connectivity index (χ4n) is 0.993. The van der Waals surface area contributed by atoms with E-state index in [1.807, 2.05) is 24.3 Å². The van der Waals surface area contributed by atoms with Crippen LogP contribution in [0, 0.1) is 0 Å². The van der Waals surface area contributed by atoms with E-state index in [-0.39, 0.29) is 0 Å². The van der Waals surface area contributed by atoms with E-state index in [2.05, 4.69) is 17.9 Å². The Labute approximate surface area is 82.7 Å². The molecule has 0 bridgehead atoms. The summed E-state index contributed by atoms with van der Waals surface area (Å²) in [5.41, 5.74) is 6.08. The van der Waals surface area contributed by atoms with Gasteiger partial charge in [-0.1, -0.05) is 12.1 Å². The van der Waals surface area contributed by atoms with E-state index in [1.165, 1.54) is 0 Å². The van der Waals surface area contributed by atoms with Gasteiger partial charge in [0.15, 0.2) is 0 Å². The Morgan fingerprint density at radius 3 is 2.54 bits per heavy atom. The van der Waals surface area contributed by atoms with E-state index in [1.54, 1.807) is 0 Å². The first-order chi connectivity index (χ1) is 6.18. The summed E-state index contributed by atoms with van der Waals surface area (Å²) in [6.45, 7) is 0.571. The average Bonchev–Trinajstić information content (AvgIpc) is 2.08. The lowest BCUT2D eigenvalue weighted by Gasteiger charge is -2.01. The number of nitrogens with one attached hydrogen (secondary N) is 1. The number of hydrogen-bond acceptors (Lipinski definition) is 2.